The van der Waals surface area contributed by atoms with Gasteiger partial charge in [0.15, 0.2) is 0 Å². The third-order valence-electron chi connectivity index (χ3n) is 3.28. The van der Waals surface area contributed by atoms with Gasteiger partial charge in [-0.3, -0.25) is 0 Å². The van der Waals surface area contributed by atoms with Crippen molar-refractivity contribution < 1.29 is 0 Å². The summed E-state index contributed by atoms with van der Waals surface area (Å²) in [5, 5.41) is 2.64. The Morgan fingerprint density at radius 3 is 2.53 bits per heavy atom. The molecule has 1 atom stereocenters. The molecule has 0 fully saturated rings. The summed E-state index contributed by atoms with van der Waals surface area (Å²) < 4.78 is 0. The summed E-state index contributed by atoms with van der Waals surface area (Å²) in [7, 11) is 0. The summed E-state index contributed by atoms with van der Waals surface area (Å²) in [5.41, 5.74) is 7.44. The Kier molecular flexibility index (Phi) is 4.16. The number of aryl methyl sites for hydroxylation is 1. The molecule has 0 amide bonds. The van der Waals surface area contributed by atoms with Crippen LogP contribution in [-0.2, 0) is 6.42 Å². The van der Waals surface area contributed by atoms with Crippen molar-refractivity contribution in [2.24, 2.45) is 5.73 Å². The predicted molar refractivity (Wildman–Crippen MR) is 75.2 cm³/mol. The van der Waals surface area contributed by atoms with Gasteiger partial charge in [-0.1, -0.05) is 55.8 Å². The van der Waals surface area contributed by atoms with E-state index in [1.807, 2.05) is 0 Å². The molecule has 1 heteroatoms. The minimum Gasteiger partial charge on any atom is -0.328 e. The summed E-state index contributed by atoms with van der Waals surface area (Å²) >= 11 is 0. The first kappa shape index (κ1) is 12.1. The van der Waals surface area contributed by atoms with Crippen molar-refractivity contribution in [2.45, 2.75) is 38.6 Å². The van der Waals surface area contributed by atoms with Gasteiger partial charge in [0.1, 0.15) is 0 Å². The molecule has 0 radical (unpaired) electrons. The zero-order chi connectivity index (χ0) is 12.1. The third-order valence-corrected chi connectivity index (χ3v) is 3.28. The number of fused-ring (bicyclic) bond motifs is 1. The first-order valence-electron chi connectivity index (χ1n) is 6.53. The largest absolute Gasteiger partial charge is 0.328 e. The average molecular weight is 227 g/mol. The fraction of sp³-hybridized carbons (Fsp3) is 0.375. The normalized spacial score (nSPS) is 12.8. The number of hydrogen-bond donors (Lipinski definition) is 1. The van der Waals surface area contributed by atoms with Gasteiger partial charge in [-0.2, -0.15) is 0 Å². The van der Waals surface area contributed by atoms with E-state index in [0.717, 1.165) is 19.3 Å². The molecule has 2 aromatic rings. The van der Waals surface area contributed by atoms with Crippen LogP contribution in [0.3, 0.4) is 0 Å². The summed E-state index contributed by atoms with van der Waals surface area (Å²) in [6, 6.07) is 15.6. The molecule has 0 aromatic heterocycles. The maximum absolute atomic E-state index is 6.04. The second kappa shape index (κ2) is 5.83. The van der Waals surface area contributed by atoms with Crippen molar-refractivity contribution >= 4 is 10.8 Å². The van der Waals surface area contributed by atoms with Crippen LogP contribution in [0.15, 0.2) is 42.5 Å². The molecule has 2 N–H and O–H groups in total. The van der Waals surface area contributed by atoms with Crippen LogP contribution in [0.1, 0.15) is 31.7 Å². The molecule has 1 nitrogen and oxygen atoms in total. The van der Waals surface area contributed by atoms with Crippen molar-refractivity contribution in [3.63, 3.8) is 0 Å². The lowest BCUT2D eigenvalue weighted by Gasteiger charge is -2.10. The molecule has 2 rings (SSSR count). The second-order valence-electron chi connectivity index (χ2n) is 4.77. The van der Waals surface area contributed by atoms with Crippen LogP contribution in [0.4, 0.5) is 0 Å². The minimum absolute atomic E-state index is 0.353. The predicted octanol–water partition coefficient (Wildman–Crippen LogP) is 3.90. The standard InChI is InChI=1S/C16H21N/c1-2-5-16(17)11-9-13-8-10-14-6-3-4-7-15(14)12-13/h3-4,6-8,10,12,16H,2,5,9,11,17H2,1H3. The lowest BCUT2D eigenvalue weighted by atomic mass is 10.00. The Labute approximate surface area is 104 Å². The van der Waals surface area contributed by atoms with Crippen molar-refractivity contribution in [2.75, 3.05) is 0 Å². The molecule has 1 unspecified atom stereocenters. The van der Waals surface area contributed by atoms with Gasteiger partial charge in [-0.15, -0.1) is 0 Å². The van der Waals surface area contributed by atoms with E-state index in [4.69, 9.17) is 5.73 Å². The molecular weight excluding hydrogens is 206 g/mol. The Balaban J connectivity index is 2.04. The molecule has 0 aliphatic rings. The average Bonchev–Trinajstić information content (AvgIpc) is 2.36. The SMILES string of the molecule is CCCC(N)CCc1ccc2ccccc2c1. The molecule has 2 aromatic carbocycles. The molecule has 0 aliphatic heterocycles. The molecule has 0 saturated heterocycles. The van der Waals surface area contributed by atoms with Crippen LogP contribution in [0.2, 0.25) is 0 Å². The topological polar surface area (TPSA) is 26.0 Å². The van der Waals surface area contributed by atoms with E-state index >= 15 is 0 Å². The minimum atomic E-state index is 0.353. The van der Waals surface area contributed by atoms with Crippen LogP contribution in [-0.4, -0.2) is 6.04 Å². The quantitative estimate of drug-likeness (QED) is 0.823. The number of hydrogen-bond acceptors (Lipinski definition) is 1. The lowest BCUT2D eigenvalue weighted by molar-refractivity contribution is 0.561. The van der Waals surface area contributed by atoms with Crippen molar-refractivity contribution in [3.8, 4) is 0 Å². The van der Waals surface area contributed by atoms with Crippen LogP contribution in [0.5, 0.6) is 0 Å². The maximum atomic E-state index is 6.04. The summed E-state index contributed by atoms with van der Waals surface area (Å²) in [6.45, 7) is 2.19. The van der Waals surface area contributed by atoms with E-state index in [-0.39, 0.29) is 0 Å². The van der Waals surface area contributed by atoms with Gasteiger partial charge < -0.3 is 5.73 Å². The Morgan fingerprint density at radius 2 is 1.76 bits per heavy atom. The highest BCUT2D eigenvalue weighted by Crippen LogP contribution is 2.17. The van der Waals surface area contributed by atoms with E-state index in [9.17, 15) is 0 Å². The first-order valence-corrected chi connectivity index (χ1v) is 6.53. The van der Waals surface area contributed by atoms with Gasteiger partial charge in [0.2, 0.25) is 0 Å². The van der Waals surface area contributed by atoms with Gasteiger partial charge in [0.05, 0.1) is 0 Å². The van der Waals surface area contributed by atoms with Crippen LogP contribution in [0.25, 0.3) is 10.8 Å². The molecule has 90 valence electrons. The first-order chi connectivity index (χ1) is 8.29. The maximum Gasteiger partial charge on any atom is 0.00418 e. The van der Waals surface area contributed by atoms with E-state index in [1.165, 1.54) is 22.8 Å². The summed E-state index contributed by atoms with van der Waals surface area (Å²) in [6.07, 6.45) is 4.49. The van der Waals surface area contributed by atoms with Crippen LogP contribution in [0, 0.1) is 0 Å². The van der Waals surface area contributed by atoms with Gasteiger partial charge in [0, 0.05) is 6.04 Å². The zero-order valence-electron chi connectivity index (χ0n) is 10.5. The number of rotatable bonds is 5. The van der Waals surface area contributed by atoms with Crippen molar-refractivity contribution in [1.82, 2.24) is 0 Å². The van der Waals surface area contributed by atoms with E-state index in [1.54, 1.807) is 0 Å². The van der Waals surface area contributed by atoms with E-state index in [2.05, 4.69) is 49.4 Å². The lowest BCUT2D eigenvalue weighted by Crippen LogP contribution is -2.20. The second-order valence-corrected chi connectivity index (χ2v) is 4.77. The highest BCUT2D eigenvalue weighted by atomic mass is 14.6. The fourth-order valence-corrected chi connectivity index (χ4v) is 2.26. The monoisotopic (exact) mass is 227 g/mol. The van der Waals surface area contributed by atoms with E-state index in [0.29, 0.717) is 6.04 Å². The summed E-state index contributed by atoms with van der Waals surface area (Å²) in [4.78, 5) is 0. The van der Waals surface area contributed by atoms with Crippen LogP contribution >= 0.6 is 0 Å². The highest BCUT2D eigenvalue weighted by molar-refractivity contribution is 5.82. The molecule has 0 bridgehead atoms. The van der Waals surface area contributed by atoms with Crippen molar-refractivity contribution in [1.29, 1.82) is 0 Å². The molecule has 0 aliphatic carbocycles. The number of nitrogens with two attached hydrogens (primary N) is 1. The molecule has 0 spiro atoms. The van der Waals surface area contributed by atoms with Gasteiger partial charge in [-0.25, -0.2) is 0 Å². The molecular formula is C16H21N. The van der Waals surface area contributed by atoms with Gasteiger partial charge in [0.25, 0.3) is 0 Å². The van der Waals surface area contributed by atoms with Gasteiger partial charge in [-0.05, 0) is 35.6 Å². The Hall–Kier alpha value is -1.34. The number of benzene rings is 2. The Bertz CT molecular complexity index is 476. The van der Waals surface area contributed by atoms with Crippen molar-refractivity contribution in [3.05, 3.63) is 48.0 Å². The third kappa shape index (κ3) is 3.31. The van der Waals surface area contributed by atoms with Gasteiger partial charge >= 0.3 is 0 Å². The summed E-state index contributed by atoms with van der Waals surface area (Å²) in [5.74, 6) is 0. The highest BCUT2D eigenvalue weighted by Gasteiger charge is 2.02. The molecule has 0 heterocycles. The molecule has 17 heavy (non-hydrogen) atoms. The van der Waals surface area contributed by atoms with E-state index < -0.39 is 0 Å². The van der Waals surface area contributed by atoms with Crippen LogP contribution < -0.4 is 5.73 Å². The Morgan fingerprint density at radius 1 is 1.00 bits per heavy atom. The fourth-order valence-electron chi connectivity index (χ4n) is 2.26. The zero-order valence-corrected chi connectivity index (χ0v) is 10.5. The molecule has 0 saturated carbocycles. The smallest absolute Gasteiger partial charge is 0.00418 e.